The van der Waals surface area contributed by atoms with Gasteiger partial charge < -0.3 is 10.4 Å². The largest absolute Gasteiger partial charge is 0.476 e. The van der Waals surface area contributed by atoms with Crippen LogP contribution >= 0.6 is 11.6 Å². The Hall–Kier alpha value is -2.54. The lowest BCUT2D eigenvalue weighted by molar-refractivity contribution is 0.0691. The van der Waals surface area contributed by atoms with Crippen LogP contribution in [0.25, 0.3) is 0 Å². The second-order valence-corrected chi connectivity index (χ2v) is 3.78. The highest BCUT2D eigenvalue weighted by atomic mass is 35.5. The van der Waals surface area contributed by atoms with Crippen LogP contribution in [0.15, 0.2) is 30.9 Å². The molecule has 0 saturated carbocycles. The van der Waals surface area contributed by atoms with Crippen molar-refractivity contribution in [2.75, 3.05) is 5.32 Å². The van der Waals surface area contributed by atoms with E-state index in [0.717, 1.165) is 0 Å². The van der Waals surface area contributed by atoms with Crippen molar-refractivity contribution >= 4 is 29.3 Å². The molecule has 0 fully saturated rings. The van der Waals surface area contributed by atoms with Crippen molar-refractivity contribution < 1.29 is 14.7 Å². The third-order valence-electron chi connectivity index (χ3n) is 2.15. The molecule has 0 saturated heterocycles. The Morgan fingerprint density at radius 1 is 1.21 bits per heavy atom. The molecule has 0 aliphatic rings. The predicted octanol–water partition coefficient (Wildman–Crippen LogP) is 1.48. The molecule has 7 nitrogen and oxygen atoms in total. The van der Waals surface area contributed by atoms with Crippen molar-refractivity contribution in [3.8, 4) is 0 Å². The number of carbonyl (C=O) groups is 2. The third-order valence-corrected chi connectivity index (χ3v) is 2.47. The first kappa shape index (κ1) is 12.9. The average molecular weight is 279 g/mol. The van der Waals surface area contributed by atoms with E-state index in [9.17, 15) is 9.59 Å². The molecule has 96 valence electrons. The van der Waals surface area contributed by atoms with Crippen LogP contribution in [0.3, 0.4) is 0 Å². The monoisotopic (exact) mass is 278 g/mol. The maximum Gasteiger partial charge on any atom is 0.358 e. The first-order chi connectivity index (χ1) is 9.09. The van der Waals surface area contributed by atoms with E-state index >= 15 is 0 Å². The summed E-state index contributed by atoms with van der Waals surface area (Å²) in [6, 6.07) is 1.45. The Morgan fingerprint density at radius 3 is 2.63 bits per heavy atom. The molecule has 0 radical (unpaired) electrons. The Kier molecular flexibility index (Phi) is 3.67. The Bertz CT molecular complexity index is 647. The second-order valence-electron chi connectivity index (χ2n) is 3.37. The van der Waals surface area contributed by atoms with Gasteiger partial charge in [-0.05, 0) is 6.07 Å². The number of carboxylic acid groups (broad SMARTS) is 1. The van der Waals surface area contributed by atoms with Gasteiger partial charge in [0.25, 0.3) is 5.91 Å². The van der Waals surface area contributed by atoms with Crippen LogP contribution in [-0.4, -0.2) is 31.9 Å². The van der Waals surface area contributed by atoms with Gasteiger partial charge in [0.2, 0.25) is 0 Å². The van der Waals surface area contributed by atoms with Gasteiger partial charge in [-0.3, -0.25) is 9.78 Å². The third kappa shape index (κ3) is 2.83. The smallest absolute Gasteiger partial charge is 0.358 e. The van der Waals surface area contributed by atoms with Gasteiger partial charge in [-0.2, -0.15) is 0 Å². The summed E-state index contributed by atoms with van der Waals surface area (Å²) in [7, 11) is 0. The fraction of sp³-hybridized carbons (Fsp3) is 0. The van der Waals surface area contributed by atoms with Gasteiger partial charge in [0.1, 0.15) is 0 Å². The summed E-state index contributed by atoms with van der Waals surface area (Å²) in [5.41, 5.74) is -0.234. The molecule has 19 heavy (non-hydrogen) atoms. The number of carboxylic acids is 1. The van der Waals surface area contributed by atoms with E-state index in [-0.39, 0.29) is 22.1 Å². The fourth-order valence-corrected chi connectivity index (χ4v) is 1.50. The quantitative estimate of drug-likeness (QED) is 0.881. The van der Waals surface area contributed by atoms with Crippen LogP contribution in [0, 0.1) is 0 Å². The van der Waals surface area contributed by atoms with Gasteiger partial charge in [0, 0.05) is 24.8 Å². The van der Waals surface area contributed by atoms with Crippen molar-refractivity contribution in [3.05, 3.63) is 47.1 Å². The molecule has 0 unspecified atom stereocenters. The van der Waals surface area contributed by atoms with Crippen LogP contribution in [0.4, 0.5) is 5.82 Å². The summed E-state index contributed by atoms with van der Waals surface area (Å²) < 4.78 is 0. The van der Waals surface area contributed by atoms with Gasteiger partial charge in [0.15, 0.2) is 11.5 Å². The summed E-state index contributed by atoms with van der Waals surface area (Å²) in [6.45, 7) is 0. The number of carbonyl (C=O) groups excluding carboxylic acids is 1. The van der Waals surface area contributed by atoms with E-state index in [1.54, 1.807) is 0 Å². The number of aromatic carboxylic acids is 1. The number of amides is 1. The topological polar surface area (TPSA) is 105 Å². The highest BCUT2D eigenvalue weighted by Crippen LogP contribution is 2.16. The molecule has 2 heterocycles. The number of nitrogens with zero attached hydrogens (tertiary/aromatic N) is 3. The fourth-order valence-electron chi connectivity index (χ4n) is 1.31. The second kappa shape index (κ2) is 5.40. The van der Waals surface area contributed by atoms with Crippen molar-refractivity contribution in [2.24, 2.45) is 0 Å². The van der Waals surface area contributed by atoms with Gasteiger partial charge in [-0.1, -0.05) is 11.6 Å². The van der Waals surface area contributed by atoms with Crippen molar-refractivity contribution in [1.29, 1.82) is 0 Å². The summed E-state index contributed by atoms with van der Waals surface area (Å²) >= 11 is 5.83. The Morgan fingerprint density at radius 2 is 1.95 bits per heavy atom. The summed E-state index contributed by atoms with van der Waals surface area (Å²) in [4.78, 5) is 34.0. The lowest BCUT2D eigenvalue weighted by atomic mass is 10.2. The number of hydrogen-bond acceptors (Lipinski definition) is 5. The molecule has 0 bridgehead atoms. The molecule has 0 aromatic carbocycles. The molecule has 8 heteroatoms. The summed E-state index contributed by atoms with van der Waals surface area (Å²) in [5.74, 6) is -2.05. The van der Waals surface area contributed by atoms with E-state index in [1.165, 1.54) is 30.9 Å². The van der Waals surface area contributed by atoms with Crippen LogP contribution in [-0.2, 0) is 0 Å². The summed E-state index contributed by atoms with van der Waals surface area (Å²) in [6.07, 6.45) is 5.20. The highest BCUT2D eigenvalue weighted by Gasteiger charge is 2.17. The maximum atomic E-state index is 11.9. The van der Waals surface area contributed by atoms with Crippen molar-refractivity contribution in [3.63, 3.8) is 0 Å². The molecule has 0 aliphatic carbocycles. The van der Waals surface area contributed by atoms with Crippen LogP contribution < -0.4 is 5.32 Å². The maximum absolute atomic E-state index is 11.9. The van der Waals surface area contributed by atoms with Crippen LogP contribution in [0.5, 0.6) is 0 Å². The minimum absolute atomic E-state index is 0.117. The molecule has 1 amide bonds. The molecular weight excluding hydrogens is 272 g/mol. The van der Waals surface area contributed by atoms with Gasteiger partial charge in [-0.15, -0.1) is 0 Å². The van der Waals surface area contributed by atoms with Gasteiger partial charge in [0.05, 0.1) is 10.6 Å². The lowest BCUT2D eigenvalue weighted by Gasteiger charge is -2.06. The first-order valence-corrected chi connectivity index (χ1v) is 5.42. The zero-order chi connectivity index (χ0) is 13.8. The zero-order valence-corrected chi connectivity index (χ0v) is 10.1. The molecule has 2 aromatic heterocycles. The first-order valence-electron chi connectivity index (χ1n) is 5.04. The SMILES string of the molecule is O=C(Nc1nccnc1C(=O)O)c1cnccc1Cl. The molecule has 0 aliphatic heterocycles. The molecule has 0 spiro atoms. The molecule has 0 atom stereocenters. The van der Waals surface area contributed by atoms with Crippen LogP contribution in [0.2, 0.25) is 5.02 Å². The number of pyridine rings is 1. The average Bonchev–Trinajstić information content (AvgIpc) is 2.39. The van der Waals surface area contributed by atoms with Crippen LogP contribution in [0.1, 0.15) is 20.8 Å². The van der Waals surface area contributed by atoms with E-state index in [1.807, 2.05) is 0 Å². The number of halogens is 1. The number of hydrogen-bond donors (Lipinski definition) is 2. The standard InChI is InChI=1S/C11H7ClN4O3/c12-7-1-2-13-5-6(7)10(17)16-9-8(11(18)19)14-3-4-15-9/h1-5H,(H,18,19)(H,15,16,17). The minimum Gasteiger partial charge on any atom is -0.476 e. The van der Waals surface area contributed by atoms with E-state index in [0.29, 0.717) is 0 Å². The molecule has 2 rings (SSSR count). The minimum atomic E-state index is -1.29. The van der Waals surface area contributed by atoms with Crippen molar-refractivity contribution in [1.82, 2.24) is 15.0 Å². The van der Waals surface area contributed by atoms with E-state index in [2.05, 4.69) is 20.3 Å². The number of anilines is 1. The van der Waals surface area contributed by atoms with E-state index in [4.69, 9.17) is 16.7 Å². The Labute approximate surface area is 112 Å². The predicted molar refractivity (Wildman–Crippen MR) is 66.2 cm³/mol. The van der Waals surface area contributed by atoms with Gasteiger partial charge in [-0.25, -0.2) is 14.8 Å². The lowest BCUT2D eigenvalue weighted by Crippen LogP contribution is -2.17. The number of nitrogens with one attached hydrogen (secondary N) is 1. The zero-order valence-electron chi connectivity index (χ0n) is 9.37. The highest BCUT2D eigenvalue weighted by molar-refractivity contribution is 6.34. The molecule has 2 N–H and O–H groups in total. The number of rotatable bonds is 3. The Balaban J connectivity index is 2.30. The summed E-state index contributed by atoms with van der Waals surface area (Å²) in [5, 5.41) is 11.4. The van der Waals surface area contributed by atoms with E-state index < -0.39 is 11.9 Å². The molecular formula is C11H7ClN4O3. The van der Waals surface area contributed by atoms with Crippen molar-refractivity contribution in [2.45, 2.75) is 0 Å². The molecule has 2 aromatic rings. The van der Waals surface area contributed by atoms with Gasteiger partial charge >= 0.3 is 5.97 Å². The normalized spacial score (nSPS) is 9.95. The number of aromatic nitrogens is 3.